The smallest absolute Gasteiger partial charge is 0.245 e. The Bertz CT molecular complexity index is 943. The Kier molecular flexibility index (Phi) is 5.55. The fourth-order valence-corrected chi connectivity index (χ4v) is 3.71. The molecule has 3 rings (SSSR count). The summed E-state index contributed by atoms with van der Waals surface area (Å²) in [6.45, 7) is 2.60. The van der Waals surface area contributed by atoms with Gasteiger partial charge >= 0.3 is 0 Å². The van der Waals surface area contributed by atoms with E-state index < -0.39 is 15.9 Å². The molecule has 0 aromatic heterocycles. The van der Waals surface area contributed by atoms with Gasteiger partial charge in [-0.2, -0.15) is 0 Å². The van der Waals surface area contributed by atoms with Gasteiger partial charge in [-0.1, -0.05) is 18.2 Å². The zero-order valence-corrected chi connectivity index (χ0v) is 16.1. The summed E-state index contributed by atoms with van der Waals surface area (Å²) < 4.78 is 36.7. The molecule has 0 radical (unpaired) electrons. The van der Waals surface area contributed by atoms with E-state index in [4.69, 9.17) is 9.47 Å². The molecule has 1 heterocycles. The van der Waals surface area contributed by atoms with Crippen LogP contribution in [-0.4, -0.2) is 40.3 Å². The molecule has 1 aliphatic rings. The zero-order valence-electron chi connectivity index (χ0n) is 15.3. The molecule has 0 bridgehead atoms. The standard InChI is InChI=1S/C19H22N2O5S/c1-14-6-3-4-7-16(14)21(27(2,23)24)13-19(22)20-15-8-9-17-18(12-15)26-11-5-10-25-17/h3-4,6-9,12H,5,10-11,13H2,1-2H3,(H,20,22). The van der Waals surface area contributed by atoms with E-state index in [2.05, 4.69) is 5.32 Å². The largest absolute Gasteiger partial charge is 0.490 e. The Balaban J connectivity index is 1.77. The van der Waals surface area contributed by atoms with Crippen molar-refractivity contribution in [1.82, 2.24) is 0 Å². The van der Waals surface area contributed by atoms with Gasteiger partial charge in [-0.3, -0.25) is 9.10 Å². The minimum atomic E-state index is -3.62. The van der Waals surface area contributed by atoms with Crippen molar-refractivity contribution in [3.8, 4) is 11.5 Å². The van der Waals surface area contributed by atoms with Crippen molar-refractivity contribution in [2.75, 3.05) is 35.6 Å². The minimum absolute atomic E-state index is 0.321. The Hall–Kier alpha value is -2.74. The first-order chi connectivity index (χ1) is 12.8. The highest BCUT2D eigenvalue weighted by Gasteiger charge is 2.22. The van der Waals surface area contributed by atoms with Gasteiger partial charge in [0.15, 0.2) is 11.5 Å². The number of hydrogen-bond acceptors (Lipinski definition) is 5. The van der Waals surface area contributed by atoms with Crippen molar-refractivity contribution in [2.45, 2.75) is 13.3 Å². The lowest BCUT2D eigenvalue weighted by molar-refractivity contribution is -0.114. The van der Waals surface area contributed by atoms with Crippen LogP contribution >= 0.6 is 0 Å². The van der Waals surface area contributed by atoms with Crippen LogP contribution in [0, 0.1) is 6.92 Å². The third kappa shape index (κ3) is 4.71. The molecule has 0 saturated heterocycles. The third-order valence-electron chi connectivity index (χ3n) is 4.10. The van der Waals surface area contributed by atoms with Crippen LogP contribution in [-0.2, 0) is 14.8 Å². The van der Waals surface area contributed by atoms with Gasteiger partial charge in [0.1, 0.15) is 6.54 Å². The monoisotopic (exact) mass is 390 g/mol. The highest BCUT2D eigenvalue weighted by molar-refractivity contribution is 7.92. The first-order valence-electron chi connectivity index (χ1n) is 8.57. The van der Waals surface area contributed by atoms with Crippen LogP contribution in [0.5, 0.6) is 11.5 Å². The van der Waals surface area contributed by atoms with E-state index in [9.17, 15) is 13.2 Å². The second-order valence-corrected chi connectivity index (χ2v) is 8.22. The summed E-state index contributed by atoms with van der Waals surface area (Å²) in [6.07, 6.45) is 1.87. The van der Waals surface area contributed by atoms with Gasteiger partial charge in [-0.05, 0) is 30.7 Å². The van der Waals surface area contributed by atoms with Crippen molar-refractivity contribution >= 4 is 27.3 Å². The van der Waals surface area contributed by atoms with Gasteiger partial charge in [0.2, 0.25) is 15.9 Å². The molecule has 0 atom stereocenters. The van der Waals surface area contributed by atoms with Gasteiger partial charge in [0.25, 0.3) is 0 Å². The summed E-state index contributed by atoms with van der Waals surface area (Å²) in [5.41, 5.74) is 1.77. The summed E-state index contributed by atoms with van der Waals surface area (Å²) in [6, 6.07) is 12.1. The number of aryl methyl sites for hydroxylation is 1. The van der Waals surface area contributed by atoms with Gasteiger partial charge in [0, 0.05) is 18.2 Å². The van der Waals surface area contributed by atoms with Crippen molar-refractivity contribution in [3.63, 3.8) is 0 Å². The van der Waals surface area contributed by atoms with Crippen LogP contribution in [0.25, 0.3) is 0 Å². The van der Waals surface area contributed by atoms with Crippen LogP contribution < -0.4 is 19.1 Å². The van der Waals surface area contributed by atoms with E-state index in [1.54, 1.807) is 43.3 Å². The number of nitrogens with zero attached hydrogens (tertiary/aromatic N) is 1. The molecule has 144 valence electrons. The number of ether oxygens (including phenoxy) is 2. The van der Waals surface area contributed by atoms with Crippen molar-refractivity contribution in [1.29, 1.82) is 0 Å². The number of nitrogens with one attached hydrogen (secondary N) is 1. The lowest BCUT2D eigenvalue weighted by Crippen LogP contribution is -2.37. The van der Waals surface area contributed by atoms with Gasteiger partial charge in [0.05, 0.1) is 25.2 Å². The topological polar surface area (TPSA) is 84.9 Å². The normalized spacial score (nSPS) is 13.6. The van der Waals surface area contributed by atoms with Gasteiger partial charge < -0.3 is 14.8 Å². The third-order valence-corrected chi connectivity index (χ3v) is 5.23. The van der Waals surface area contributed by atoms with E-state index in [0.29, 0.717) is 36.1 Å². The molecule has 0 unspecified atom stereocenters. The maximum Gasteiger partial charge on any atom is 0.245 e. The second-order valence-electron chi connectivity index (χ2n) is 6.32. The number of rotatable bonds is 5. The maximum atomic E-state index is 12.5. The Morgan fingerprint density at radius 2 is 1.81 bits per heavy atom. The van der Waals surface area contributed by atoms with Crippen LogP contribution in [0.3, 0.4) is 0 Å². The van der Waals surface area contributed by atoms with E-state index in [0.717, 1.165) is 22.5 Å². The quantitative estimate of drug-likeness (QED) is 0.848. The molecule has 2 aromatic carbocycles. The van der Waals surface area contributed by atoms with E-state index >= 15 is 0 Å². The van der Waals surface area contributed by atoms with Crippen LogP contribution in [0.1, 0.15) is 12.0 Å². The predicted octanol–water partition coefficient (Wildman–Crippen LogP) is 2.56. The summed E-state index contributed by atoms with van der Waals surface area (Å²) in [5, 5.41) is 2.72. The number of anilines is 2. The molecular formula is C19H22N2O5S. The maximum absolute atomic E-state index is 12.5. The summed E-state index contributed by atoms with van der Waals surface area (Å²) >= 11 is 0. The first-order valence-corrected chi connectivity index (χ1v) is 10.4. The van der Waals surface area contributed by atoms with Gasteiger partial charge in [-0.25, -0.2) is 8.42 Å². The number of fused-ring (bicyclic) bond motifs is 1. The summed E-state index contributed by atoms with van der Waals surface area (Å²) in [4.78, 5) is 12.5. The molecule has 0 fully saturated rings. The number of para-hydroxylation sites is 1. The number of hydrogen-bond donors (Lipinski definition) is 1. The molecular weight excluding hydrogens is 368 g/mol. The highest BCUT2D eigenvalue weighted by Crippen LogP contribution is 2.32. The molecule has 2 aromatic rings. The summed E-state index contributed by atoms with van der Waals surface area (Å²) in [7, 11) is -3.62. The number of carbonyl (C=O) groups is 1. The number of benzene rings is 2. The molecule has 1 amide bonds. The molecule has 0 spiro atoms. The molecule has 1 N–H and O–H groups in total. The average molecular weight is 390 g/mol. The average Bonchev–Trinajstić information content (AvgIpc) is 2.84. The SMILES string of the molecule is Cc1ccccc1N(CC(=O)Nc1ccc2c(c1)OCCCO2)S(C)(=O)=O. The zero-order chi connectivity index (χ0) is 19.4. The number of carbonyl (C=O) groups excluding carboxylic acids is 1. The van der Waals surface area contributed by atoms with E-state index in [1.807, 2.05) is 6.07 Å². The van der Waals surface area contributed by atoms with Crippen LogP contribution in [0.15, 0.2) is 42.5 Å². The fraction of sp³-hybridized carbons (Fsp3) is 0.316. The Labute approximate surface area is 158 Å². The molecule has 8 heteroatoms. The van der Waals surface area contributed by atoms with Crippen LogP contribution in [0.4, 0.5) is 11.4 Å². The number of sulfonamides is 1. The lowest BCUT2D eigenvalue weighted by Gasteiger charge is -2.23. The summed E-state index contributed by atoms with van der Waals surface area (Å²) in [5.74, 6) is 0.741. The van der Waals surface area contributed by atoms with Crippen LogP contribution in [0.2, 0.25) is 0 Å². The van der Waals surface area contributed by atoms with E-state index in [1.165, 1.54) is 0 Å². The van der Waals surface area contributed by atoms with Crippen molar-refractivity contribution in [2.24, 2.45) is 0 Å². The number of amides is 1. The molecule has 0 aliphatic carbocycles. The molecule has 0 saturated carbocycles. The lowest BCUT2D eigenvalue weighted by atomic mass is 10.2. The Morgan fingerprint density at radius 1 is 1.11 bits per heavy atom. The fourth-order valence-electron chi connectivity index (χ4n) is 2.80. The van der Waals surface area contributed by atoms with Crippen molar-refractivity contribution in [3.05, 3.63) is 48.0 Å². The molecule has 7 nitrogen and oxygen atoms in total. The molecule has 1 aliphatic heterocycles. The second kappa shape index (κ2) is 7.87. The highest BCUT2D eigenvalue weighted by atomic mass is 32.2. The van der Waals surface area contributed by atoms with Gasteiger partial charge in [-0.15, -0.1) is 0 Å². The molecule has 27 heavy (non-hydrogen) atoms. The minimum Gasteiger partial charge on any atom is -0.490 e. The van der Waals surface area contributed by atoms with E-state index in [-0.39, 0.29) is 6.54 Å². The Morgan fingerprint density at radius 3 is 2.52 bits per heavy atom. The van der Waals surface area contributed by atoms with Crippen molar-refractivity contribution < 1.29 is 22.7 Å². The predicted molar refractivity (Wildman–Crippen MR) is 104 cm³/mol. The first kappa shape index (κ1) is 19.0.